The van der Waals surface area contributed by atoms with E-state index in [1.165, 1.54) is 11.9 Å². The lowest BCUT2D eigenvalue weighted by atomic mass is 10.2. The van der Waals surface area contributed by atoms with Crippen molar-refractivity contribution in [3.05, 3.63) is 78.9 Å². The van der Waals surface area contributed by atoms with Crippen molar-refractivity contribution in [2.75, 3.05) is 6.61 Å². The molecule has 2 rings (SSSR count). The molecule has 0 saturated carbocycles. The normalized spacial score (nSPS) is 12.3. The lowest BCUT2D eigenvalue weighted by molar-refractivity contribution is 0.0283. The highest BCUT2D eigenvalue weighted by atomic mass is 32.2. The highest BCUT2D eigenvalue weighted by Gasteiger charge is 2.28. The van der Waals surface area contributed by atoms with Gasteiger partial charge in [-0.3, -0.25) is 0 Å². The van der Waals surface area contributed by atoms with E-state index in [0.29, 0.717) is 13.2 Å². The minimum Gasteiger partial charge on any atom is -0.443 e. The first-order valence-corrected chi connectivity index (χ1v) is 9.66. The Morgan fingerprint density at radius 2 is 1.70 bits per heavy atom. The van der Waals surface area contributed by atoms with E-state index in [-0.39, 0.29) is 6.04 Å². The van der Waals surface area contributed by atoms with Gasteiger partial charge >= 0.3 is 6.09 Å². The van der Waals surface area contributed by atoms with Crippen LogP contribution in [0, 0.1) is 0 Å². The minimum absolute atomic E-state index is 0.325. The predicted molar refractivity (Wildman–Crippen MR) is 110 cm³/mol. The molecule has 0 heterocycles. The highest BCUT2D eigenvalue weighted by Crippen LogP contribution is 2.27. The Labute approximate surface area is 166 Å². The molecule has 2 aromatic carbocycles. The first-order valence-electron chi connectivity index (χ1n) is 8.88. The van der Waals surface area contributed by atoms with Crippen LogP contribution in [-0.4, -0.2) is 28.6 Å². The van der Waals surface area contributed by atoms with Gasteiger partial charge in [0.1, 0.15) is 5.60 Å². The molecule has 2 aromatic rings. The van der Waals surface area contributed by atoms with Gasteiger partial charge in [0.2, 0.25) is 0 Å². The van der Waals surface area contributed by atoms with Gasteiger partial charge in [-0.2, -0.15) is 0 Å². The summed E-state index contributed by atoms with van der Waals surface area (Å²) in [6.07, 6.45) is 1.30. The molecule has 1 unspecified atom stereocenters. The third-order valence-electron chi connectivity index (χ3n) is 3.49. The number of ether oxygens (including phenoxy) is 2. The molecule has 0 aliphatic rings. The van der Waals surface area contributed by atoms with Gasteiger partial charge in [-0.1, -0.05) is 54.6 Å². The van der Waals surface area contributed by atoms with Crippen LogP contribution in [0.15, 0.2) is 78.2 Å². The van der Waals surface area contributed by atoms with Crippen LogP contribution >= 0.6 is 11.9 Å². The Balaban J connectivity index is 2.08. The molecule has 0 aliphatic carbocycles. The molecule has 4 nitrogen and oxygen atoms in total. The van der Waals surface area contributed by atoms with Gasteiger partial charge in [-0.15, -0.1) is 6.58 Å². The smallest absolute Gasteiger partial charge is 0.421 e. The first-order chi connectivity index (χ1) is 12.9. The number of carbonyl (C=O) groups is 1. The average molecular weight is 386 g/mol. The van der Waals surface area contributed by atoms with E-state index in [4.69, 9.17) is 9.47 Å². The van der Waals surface area contributed by atoms with Crippen LogP contribution < -0.4 is 0 Å². The molecule has 0 spiro atoms. The van der Waals surface area contributed by atoms with Crippen LogP contribution in [-0.2, 0) is 16.1 Å². The summed E-state index contributed by atoms with van der Waals surface area (Å²) in [4.78, 5) is 13.7. The van der Waals surface area contributed by atoms with Crippen LogP contribution in [0.2, 0.25) is 0 Å². The van der Waals surface area contributed by atoms with E-state index in [1.807, 2.05) is 81.4 Å². The number of nitrogens with zero attached hydrogens (tertiary/aromatic N) is 1. The summed E-state index contributed by atoms with van der Waals surface area (Å²) in [5.74, 6) is 0. The van der Waals surface area contributed by atoms with Gasteiger partial charge in [0, 0.05) is 4.90 Å². The highest BCUT2D eigenvalue weighted by molar-refractivity contribution is 7.97. The van der Waals surface area contributed by atoms with Crippen molar-refractivity contribution in [1.29, 1.82) is 0 Å². The van der Waals surface area contributed by atoms with Gasteiger partial charge in [0.15, 0.2) is 0 Å². The molecule has 1 amide bonds. The zero-order valence-corrected chi connectivity index (χ0v) is 16.9. The van der Waals surface area contributed by atoms with Gasteiger partial charge in [-0.25, -0.2) is 9.10 Å². The Hall–Kier alpha value is -2.24. The standard InChI is InChI=1S/C22H27NO3S/c1-5-19(17-25-16-18-12-8-6-9-13-18)23(21(24)26-22(2,3)4)27-20-14-10-7-11-15-20/h5-15,19H,1,16-17H2,2-4H3. The molecule has 0 saturated heterocycles. The summed E-state index contributed by atoms with van der Waals surface area (Å²) in [7, 11) is 0. The fraction of sp³-hybridized carbons (Fsp3) is 0.318. The van der Waals surface area contributed by atoms with Gasteiger partial charge in [0.25, 0.3) is 0 Å². The second-order valence-electron chi connectivity index (χ2n) is 7.01. The topological polar surface area (TPSA) is 38.8 Å². The molecule has 0 bridgehead atoms. The van der Waals surface area contributed by atoms with Crippen LogP contribution in [0.3, 0.4) is 0 Å². The summed E-state index contributed by atoms with van der Waals surface area (Å²) in [5.41, 5.74) is 0.503. The van der Waals surface area contributed by atoms with Gasteiger partial charge in [0.05, 0.1) is 19.3 Å². The molecule has 0 fully saturated rings. The van der Waals surface area contributed by atoms with E-state index in [1.54, 1.807) is 10.4 Å². The number of hydrogen-bond donors (Lipinski definition) is 0. The maximum atomic E-state index is 12.8. The summed E-state index contributed by atoms with van der Waals surface area (Å²) in [6, 6.07) is 19.3. The lowest BCUT2D eigenvalue weighted by Gasteiger charge is -2.30. The summed E-state index contributed by atoms with van der Waals surface area (Å²) < 4.78 is 13.0. The molecular formula is C22H27NO3S. The third kappa shape index (κ3) is 7.49. The SMILES string of the molecule is C=CC(COCc1ccccc1)N(Sc1ccccc1)C(=O)OC(C)(C)C. The first kappa shape index (κ1) is 21.1. The van der Waals surface area contributed by atoms with E-state index in [0.717, 1.165) is 10.5 Å². The van der Waals surface area contributed by atoms with Crippen LogP contribution in [0.4, 0.5) is 4.79 Å². The Morgan fingerprint density at radius 1 is 1.11 bits per heavy atom. The zero-order chi connectivity index (χ0) is 19.7. The Bertz CT molecular complexity index is 713. The average Bonchev–Trinajstić information content (AvgIpc) is 2.64. The molecular weight excluding hydrogens is 358 g/mol. The number of amides is 1. The maximum absolute atomic E-state index is 12.8. The molecule has 0 radical (unpaired) electrons. The summed E-state index contributed by atoms with van der Waals surface area (Å²) >= 11 is 1.32. The van der Waals surface area contributed by atoms with Crippen LogP contribution in [0.25, 0.3) is 0 Å². The lowest BCUT2D eigenvalue weighted by Crippen LogP contribution is -2.40. The molecule has 27 heavy (non-hydrogen) atoms. The molecule has 0 N–H and O–H groups in total. The van der Waals surface area contributed by atoms with E-state index in [9.17, 15) is 4.79 Å². The van der Waals surface area contributed by atoms with Crippen molar-refractivity contribution < 1.29 is 14.3 Å². The van der Waals surface area contributed by atoms with Crippen molar-refractivity contribution in [3.63, 3.8) is 0 Å². The van der Waals surface area contributed by atoms with E-state index in [2.05, 4.69) is 6.58 Å². The van der Waals surface area contributed by atoms with E-state index < -0.39 is 11.7 Å². The number of carbonyl (C=O) groups excluding carboxylic acids is 1. The van der Waals surface area contributed by atoms with Gasteiger partial charge in [-0.05, 0) is 50.4 Å². The quantitative estimate of drug-likeness (QED) is 0.431. The monoisotopic (exact) mass is 385 g/mol. The maximum Gasteiger partial charge on any atom is 0.421 e. The van der Waals surface area contributed by atoms with Crippen molar-refractivity contribution in [3.8, 4) is 0 Å². The Morgan fingerprint density at radius 3 is 2.26 bits per heavy atom. The number of hydrogen-bond acceptors (Lipinski definition) is 4. The second-order valence-corrected chi connectivity index (χ2v) is 8.06. The second kappa shape index (κ2) is 10.2. The molecule has 144 valence electrons. The summed E-state index contributed by atoms with van der Waals surface area (Å²) in [6.45, 7) is 10.2. The van der Waals surface area contributed by atoms with Crippen molar-refractivity contribution >= 4 is 18.0 Å². The zero-order valence-electron chi connectivity index (χ0n) is 16.1. The van der Waals surface area contributed by atoms with Crippen molar-refractivity contribution in [2.45, 2.75) is 43.9 Å². The van der Waals surface area contributed by atoms with Gasteiger partial charge < -0.3 is 9.47 Å². The third-order valence-corrected chi connectivity index (χ3v) is 4.59. The molecule has 0 aliphatic heterocycles. The fourth-order valence-corrected chi connectivity index (χ4v) is 3.15. The van der Waals surface area contributed by atoms with Crippen LogP contribution in [0.5, 0.6) is 0 Å². The molecule has 5 heteroatoms. The van der Waals surface area contributed by atoms with Crippen molar-refractivity contribution in [1.82, 2.24) is 4.31 Å². The van der Waals surface area contributed by atoms with Crippen molar-refractivity contribution in [2.24, 2.45) is 0 Å². The minimum atomic E-state index is -0.580. The van der Waals surface area contributed by atoms with Crippen LogP contribution in [0.1, 0.15) is 26.3 Å². The Kier molecular flexibility index (Phi) is 7.95. The van der Waals surface area contributed by atoms with E-state index >= 15 is 0 Å². The fourth-order valence-electron chi connectivity index (χ4n) is 2.25. The number of rotatable bonds is 8. The molecule has 0 aromatic heterocycles. The summed E-state index contributed by atoms with van der Waals surface area (Å²) in [5, 5.41) is 0. The molecule has 1 atom stereocenters. The predicted octanol–water partition coefficient (Wildman–Crippen LogP) is 5.70. The number of benzene rings is 2. The largest absolute Gasteiger partial charge is 0.443 e.